The lowest BCUT2D eigenvalue weighted by atomic mass is 9.90. The fourth-order valence-corrected chi connectivity index (χ4v) is 2.28. The van der Waals surface area contributed by atoms with Crippen LogP contribution in [-0.2, 0) is 4.84 Å². The summed E-state index contributed by atoms with van der Waals surface area (Å²) in [6.07, 6.45) is 0. The lowest BCUT2D eigenvalue weighted by Crippen LogP contribution is -2.02. The Bertz CT molecular complexity index is 382. The number of aryl methyl sites for hydroxylation is 2. The van der Waals surface area contributed by atoms with Crippen molar-refractivity contribution in [2.24, 2.45) is 5.16 Å². The molecule has 0 bridgehead atoms. The first-order valence-electron chi connectivity index (χ1n) is 5.66. The summed E-state index contributed by atoms with van der Waals surface area (Å²) in [4.78, 5) is 4.80. The van der Waals surface area contributed by atoms with Gasteiger partial charge in [-0.2, -0.15) is 0 Å². The standard InChI is InChI=1S/C14H21NO/c1-9(2)14-10(3)7-13(8-11(14)4)12(5)15-16-6/h7-9H,1-6H3/b15-12+. The summed E-state index contributed by atoms with van der Waals surface area (Å²) in [5, 5.41) is 3.97. The number of nitrogens with zero attached hydrogens (tertiary/aromatic N) is 1. The average molecular weight is 219 g/mol. The molecular weight excluding hydrogens is 198 g/mol. The summed E-state index contributed by atoms with van der Waals surface area (Å²) in [7, 11) is 1.58. The molecule has 0 N–H and O–H groups in total. The number of rotatable bonds is 3. The molecule has 0 saturated heterocycles. The average Bonchev–Trinajstić information content (AvgIpc) is 2.16. The molecule has 2 nitrogen and oxygen atoms in total. The molecule has 0 aliphatic rings. The molecule has 0 saturated carbocycles. The Morgan fingerprint density at radius 1 is 1.19 bits per heavy atom. The van der Waals surface area contributed by atoms with E-state index in [-0.39, 0.29) is 0 Å². The van der Waals surface area contributed by atoms with Gasteiger partial charge in [0.2, 0.25) is 0 Å². The lowest BCUT2D eigenvalue weighted by Gasteiger charge is -2.15. The molecule has 88 valence electrons. The van der Waals surface area contributed by atoms with Crippen LogP contribution in [0.4, 0.5) is 0 Å². The van der Waals surface area contributed by atoms with Crippen LogP contribution >= 0.6 is 0 Å². The van der Waals surface area contributed by atoms with Crippen molar-refractivity contribution >= 4 is 5.71 Å². The molecule has 16 heavy (non-hydrogen) atoms. The van der Waals surface area contributed by atoms with Crippen molar-refractivity contribution in [3.63, 3.8) is 0 Å². The maximum atomic E-state index is 4.80. The highest BCUT2D eigenvalue weighted by Crippen LogP contribution is 2.24. The Balaban J connectivity index is 3.25. The van der Waals surface area contributed by atoms with E-state index in [0.717, 1.165) is 11.3 Å². The molecule has 2 heteroatoms. The SMILES string of the molecule is CO/N=C(\C)c1cc(C)c(C(C)C)c(C)c1. The first kappa shape index (κ1) is 12.8. The number of oxime groups is 1. The molecule has 0 amide bonds. The highest BCUT2D eigenvalue weighted by atomic mass is 16.6. The van der Waals surface area contributed by atoms with E-state index in [1.807, 2.05) is 6.92 Å². The van der Waals surface area contributed by atoms with Crippen LogP contribution in [0.15, 0.2) is 17.3 Å². The maximum absolute atomic E-state index is 4.80. The van der Waals surface area contributed by atoms with Crippen LogP contribution in [0.1, 0.15) is 48.9 Å². The van der Waals surface area contributed by atoms with E-state index < -0.39 is 0 Å². The van der Waals surface area contributed by atoms with E-state index in [0.29, 0.717) is 5.92 Å². The third-order valence-corrected chi connectivity index (χ3v) is 2.82. The topological polar surface area (TPSA) is 21.6 Å². The van der Waals surface area contributed by atoms with Crippen molar-refractivity contribution in [2.45, 2.75) is 40.5 Å². The quantitative estimate of drug-likeness (QED) is 0.559. The van der Waals surface area contributed by atoms with Crippen molar-refractivity contribution in [3.8, 4) is 0 Å². The van der Waals surface area contributed by atoms with E-state index in [2.05, 4.69) is 45.0 Å². The second-order valence-electron chi connectivity index (χ2n) is 4.54. The molecule has 0 aliphatic heterocycles. The van der Waals surface area contributed by atoms with Gasteiger partial charge in [0, 0.05) is 0 Å². The third kappa shape index (κ3) is 2.63. The number of hydrogen-bond acceptors (Lipinski definition) is 2. The van der Waals surface area contributed by atoms with E-state index >= 15 is 0 Å². The molecule has 0 radical (unpaired) electrons. The fourth-order valence-electron chi connectivity index (χ4n) is 2.28. The van der Waals surface area contributed by atoms with Gasteiger partial charge >= 0.3 is 0 Å². The second-order valence-corrected chi connectivity index (χ2v) is 4.54. The summed E-state index contributed by atoms with van der Waals surface area (Å²) in [6.45, 7) is 10.7. The van der Waals surface area contributed by atoms with Gasteiger partial charge in [0.1, 0.15) is 7.11 Å². The van der Waals surface area contributed by atoms with E-state index in [9.17, 15) is 0 Å². The maximum Gasteiger partial charge on any atom is 0.106 e. The van der Waals surface area contributed by atoms with Crippen molar-refractivity contribution in [3.05, 3.63) is 34.4 Å². The first-order valence-corrected chi connectivity index (χ1v) is 5.66. The first-order chi connectivity index (χ1) is 7.47. The molecule has 1 aromatic rings. The molecular formula is C14H21NO. The summed E-state index contributed by atoms with van der Waals surface area (Å²) in [5.74, 6) is 0.564. The zero-order valence-corrected chi connectivity index (χ0v) is 11.1. The monoisotopic (exact) mass is 219 g/mol. The molecule has 0 fully saturated rings. The highest BCUT2D eigenvalue weighted by molar-refractivity contribution is 5.98. The van der Waals surface area contributed by atoms with Gasteiger partial charge in [0.25, 0.3) is 0 Å². The summed E-state index contributed by atoms with van der Waals surface area (Å²) in [6, 6.07) is 4.36. The van der Waals surface area contributed by atoms with Gasteiger partial charge in [-0.15, -0.1) is 0 Å². The normalized spacial score (nSPS) is 12.1. The predicted molar refractivity (Wildman–Crippen MR) is 69.2 cm³/mol. The van der Waals surface area contributed by atoms with Gasteiger partial charge in [-0.25, -0.2) is 0 Å². The Morgan fingerprint density at radius 3 is 2.06 bits per heavy atom. The lowest BCUT2D eigenvalue weighted by molar-refractivity contribution is 0.213. The number of hydrogen-bond donors (Lipinski definition) is 0. The summed E-state index contributed by atoms with van der Waals surface area (Å²) >= 11 is 0. The second kappa shape index (κ2) is 5.15. The van der Waals surface area contributed by atoms with Gasteiger partial charge in [-0.1, -0.05) is 19.0 Å². The number of benzene rings is 1. The van der Waals surface area contributed by atoms with Crippen LogP contribution in [0.5, 0.6) is 0 Å². The zero-order chi connectivity index (χ0) is 12.3. The molecule has 0 heterocycles. The Labute approximate surface area is 98.3 Å². The molecule has 0 atom stereocenters. The van der Waals surface area contributed by atoms with Crippen LogP contribution in [0.25, 0.3) is 0 Å². The Hall–Kier alpha value is -1.31. The molecule has 0 spiro atoms. The van der Waals surface area contributed by atoms with Crippen LogP contribution in [-0.4, -0.2) is 12.8 Å². The van der Waals surface area contributed by atoms with Crippen molar-refractivity contribution in [1.82, 2.24) is 0 Å². The smallest absolute Gasteiger partial charge is 0.106 e. The van der Waals surface area contributed by atoms with Crippen LogP contribution < -0.4 is 0 Å². The minimum Gasteiger partial charge on any atom is -0.399 e. The molecule has 0 aliphatic carbocycles. The van der Waals surface area contributed by atoms with Crippen LogP contribution in [0.3, 0.4) is 0 Å². The molecule has 0 unspecified atom stereocenters. The van der Waals surface area contributed by atoms with Crippen molar-refractivity contribution < 1.29 is 4.84 Å². The van der Waals surface area contributed by atoms with Gasteiger partial charge in [-0.05, 0) is 61.1 Å². The Kier molecular flexibility index (Phi) is 4.11. The van der Waals surface area contributed by atoms with Crippen LogP contribution in [0.2, 0.25) is 0 Å². The Morgan fingerprint density at radius 2 is 1.69 bits per heavy atom. The summed E-state index contributed by atoms with van der Waals surface area (Å²) in [5.41, 5.74) is 6.16. The minimum absolute atomic E-state index is 0.564. The molecule has 1 aromatic carbocycles. The van der Waals surface area contributed by atoms with Gasteiger partial charge in [0.15, 0.2) is 0 Å². The van der Waals surface area contributed by atoms with Crippen molar-refractivity contribution in [2.75, 3.05) is 7.11 Å². The fraction of sp³-hybridized carbons (Fsp3) is 0.500. The predicted octanol–water partition coefficient (Wildman–Crippen LogP) is 3.80. The zero-order valence-electron chi connectivity index (χ0n) is 11.1. The van der Waals surface area contributed by atoms with E-state index in [4.69, 9.17) is 4.84 Å². The van der Waals surface area contributed by atoms with Gasteiger partial charge in [0.05, 0.1) is 5.71 Å². The van der Waals surface area contributed by atoms with E-state index in [1.165, 1.54) is 16.7 Å². The third-order valence-electron chi connectivity index (χ3n) is 2.82. The highest BCUT2D eigenvalue weighted by Gasteiger charge is 2.09. The van der Waals surface area contributed by atoms with E-state index in [1.54, 1.807) is 7.11 Å². The van der Waals surface area contributed by atoms with Gasteiger partial charge in [-0.3, -0.25) is 0 Å². The van der Waals surface area contributed by atoms with Crippen LogP contribution in [0, 0.1) is 13.8 Å². The largest absolute Gasteiger partial charge is 0.399 e. The van der Waals surface area contributed by atoms with Gasteiger partial charge < -0.3 is 4.84 Å². The summed E-state index contributed by atoms with van der Waals surface area (Å²) < 4.78 is 0. The minimum atomic E-state index is 0.564. The molecule has 0 aromatic heterocycles. The molecule has 1 rings (SSSR count). The van der Waals surface area contributed by atoms with Crippen molar-refractivity contribution in [1.29, 1.82) is 0 Å².